The summed E-state index contributed by atoms with van der Waals surface area (Å²) in [5.41, 5.74) is -0.365. The predicted molar refractivity (Wildman–Crippen MR) is 79.7 cm³/mol. The SMILES string of the molecule is CCOC(=O)[C@@H](C#N)c1cc(O)c([C@@H](C#N)C(=O)OCC)cc1O. The zero-order valence-electron chi connectivity index (χ0n) is 13.1. The first-order chi connectivity index (χ1) is 11.4. The van der Waals surface area contributed by atoms with Crippen LogP contribution >= 0.6 is 0 Å². The van der Waals surface area contributed by atoms with Crippen LogP contribution in [-0.2, 0) is 19.1 Å². The van der Waals surface area contributed by atoms with Crippen molar-refractivity contribution in [2.24, 2.45) is 0 Å². The number of nitriles is 2. The highest BCUT2D eigenvalue weighted by Crippen LogP contribution is 2.36. The zero-order chi connectivity index (χ0) is 18.3. The molecular formula is C16H16N2O6. The number of ether oxygens (including phenoxy) is 2. The fourth-order valence-corrected chi connectivity index (χ4v) is 2.02. The number of aromatic hydroxyl groups is 2. The second-order valence-electron chi connectivity index (χ2n) is 4.60. The highest BCUT2D eigenvalue weighted by molar-refractivity contribution is 5.85. The van der Waals surface area contributed by atoms with Crippen LogP contribution in [0.5, 0.6) is 11.5 Å². The normalized spacial score (nSPS) is 12.3. The van der Waals surface area contributed by atoms with Crippen LogP contribution in [0.2, 0.25) is 0 Å². The Kier molecular flexibility index (Phi) is 6.57. The Balaban J connectivity index is 3.32. The van der Waals surface area contributed by atoms with Gasteiger partial charge in [-0.25, -0.2) is 0 Å². The Hall–Kier alpha value is -3.26. The van der Waals surface area contributed by atoms with Gasteiger partial charge in [0.25, 0.3) is 0 Å². The van der Waals surface area contributed by atoms with Crippen molar-refractivity contribution < 1.29 is 29.3 Å². The third-order valence-electron chi connectivity index (χ3n) is 3.10. The maximum atomic E-state index is 11.7. The van der Waals surface area contributed by atoms with Crippen LogP contribution in [0, 0.1) is 22.7 Å². The number of nitrogens with zero attached hydrogens (tertiary/aromatic N) is 2. The summed E-state index contributed by atoms with van der Waals surface area (Å²) in [4.78, 5) is 23.5. The van der Waals surface area contributed by atoms with E-state index in [1.54, 1.807) is 26.0 Å². The molecule has 0 bridgehead atoms. The Morgan fingerprint density at radius 3 is 1.54 bits per heavy atom. The molecule has 0 fully saturated rings. The third kappa shape index (κ3) is 3.93. The Morgan fingerprint density at radius 2 is 1.29 bits per heavy atom. The van der Waals surface area contributed by atoms with Crippen molar-refractivity contribution in [3.05, 3.63) is 23.3 Å². The quantitative estimate of drug-likeness (QED) is 0.589. The van der Waals surface area contributed by atoms with Crippen molar-refractivity contribution in [2.45, 2.75) is 25.7 Å². The summed E-state index contributed by atoms with van der Waals surface area (Å²) < 4.78 is 9.47. The molecule has 0 saturated heterocycles. The van der Waals surface area contributed by atoms with Gasteiger partial charge in [0.05, 0.1) is 25.4 Å². The molecule has 0 radical (unpaired) electrons. The minimum absolute atomic E-state index is 0.0429. The van der Waals surface area contributed by atoms with Crippen molar-refractivity contribution in [3.63, 3.8) is 0 Å². The van der Waals surface area contributed by atoms with Gasteiger partial charge in [-0.2, -0.15) is 10.5 Å². The average Bonchev–Trinajstić information content (AvgIpc) is 2.53. The van der Waals surface area contributed by atoms with Crippen LogP contribution in [0.4, 0.5) is 0 Å². The molecule has 2 N–H and O–H groups in total. The highest BCUT2D eigenvalue weighted by Gasteiger charge is 2.30. The van der Waals surface area contributed by atoms with Gasteiger partial charge in [0.1, 0.15) is 11.5 Å². The average molecular weight is 332 g/mol. The highest BCUT2D eigenvalue weighted by atomic mass is 16.5. The van der Waals surface area contributed by atoms with Crippen LogP contribution in [0.15, 0.2) is 12.1 Å². The maximum Gasteiger partial charge on any atom is 0.328 e. The lowest BCUT2D eigenvalue weighted by Crippen LogP contribution is -2.16. The van der Waals surface area contributed by atoms with Gasteiger partial charge in [0.15, 0.2) is 11.8 Å². The van der Waals surface area contributed by atoms with Crippen molar-refractivity contribution >= 4 is 11.9 Å². The number of carbonyl (C=O) groups excluding carboxylic acids is 2. The second-order valence-corrected chi connectivity index (χ2v) is 4.60. The van der Waals surface area contributed by atoms with Crippen molar-refractivity contribution in [2.75, 3.05) is 13.2 Å². The molecule has 8 nitrogen and oxygen atoms in total. The van der Waals surface area contributed by atoms with Crippen LogP contribution in [-0.4, -0.2) is 35.4 Å². The molecule has 0 aliphatic heterocycles. The molecule has 1 aromatic carbocycles. The summed E-state index contributed by atoms with van der Waals surface area (Å²) in [6.07, 6.45) is 0. The summed E-state index contributed by atoms with van der Waals surface area (Å²) in [5, 5.41) is 38.3. The van der Waals surface area contributed by atoms with E-state index in [1.165, 1.54) is 0 Å². The fourth-order valence-electron chi connectivity index (χ4n) is 2.02. The molecule has 0 spiro atoms. The van der Waals surface area contributed by atoms with Crippen LogP contribution in [0.25, 0.3) is 0 Å². The lowest BCUT2D eigenvalue weighted by atomic mass is 9.93. The standard InChI is InChI=1S/C16H16N2O6/c1-3-23-15(21)11(7-17)9-5-14(20)10(6-13(9)19)12(8-18)16(22)24-4-2/h5-6,11-12,19-20H,3-4H2,1-2H3/t11-,12+. The number of benzene rings is 1. The largest absolute Gasteiger partial charge is 0.508 e. The summed E-state index contributed by atoms with van der Waals surface area (Å²) in [6.45, 7) is 3.20. The van der Waals surface area contributed by atoms with Gasteiger partial charge < -0.3 is 19.7 Å². The van der Waals surface area contributed by atoms with Crippen molar-refractivity contribution in [3.8, 4) is 23.6 Å². The minimum Gasteiger partial charge on any atom is -0.508 e. The van der Waals surface area contributed by atoms with Gasteiger partial charge in [-0.05, 0) is 26.0 Å². The van der Waals surface area contributed by atoms with E-state index in [1.807, 2.05) is 0 Å². The molecule has 24 heavy (non-hydrogen) atoms. The van der Waals surface area contributed by atoms with E-state index < -0.39 is 35.3 Å². The van der Waals surface area contributed by atoms with Crippen molar-refractivity contribution in [1.82, 2.24) is 0 Å². The van der Waals surface area contributed by atoms with Gasteiger partial charge in [-0.15, -0.1) is 0 Å². The fraction of sp³-hybridized carbons (Fsp3) is 0.375. The van der Waals surface area contributed by atoms with Crippen LogP contribution in [0.1, 0.15) is 36.8 Å². The van der Waals surface area contributed by atoms with E-state index in [0.29, 0.717) is 0 Å². The van der Waals surface area contributed by atoms with Gasteiger partial charge in [-0.1, -0.05) is 0 Å². The summed E-state index contributed by atoms with van der Waals surface area (Å²) in [7, 11) is 0. The first kappa shape index (κ1) is 18.8. The number of hydrogen-bond donors (Lipinski definition) is 2. The lowest BCUT2D eigenvalue weighted by molar-refractivity contribution is -0.144. The number of hydrogen-bond acceptors (Lipinski definition) is 8. The van der Waals surface area contributed by atoms with Gasteiger partial charge in [0.2, 0.25) is 0 Å². The first-order valence-corrected chi connectivity index (χ1v) is 7.09. The number of esters is 2. The summed E-state index contributed by atoms with van der Waals surface area (Å²) in [6, 6.07) is 5.26. The van der Waals surface area contributed by atoms with Crippen LogP contribution < -0.4 is 0 Å². The molecule has 1 aromatic rings. The number of phenols is 2. The molecule has 0 saturated carbocycles. The van der Waals surface area contributed by atoms with Gasteiger partial charge in [0, 0.05) is 11.1 Å². The second kappa shape index (κ2) is 8.39. The van der Waals surface area contributed by atoms with Crippen molar-refractivity contribution in [1.29, 1.82) is 10.5 Å². The van der Waals surface area contributed by atoms with Crippen LogP contribution in [0.3, 0.4) is 0 Å². The molecule has 8 heteroatoms. The van der Waals surface area contributed by atoms with Gasteiger partial charge in [-0.3, -0.25) is 9.59 Å². The van der Waals surface area contributed by atoms with E-state index in [0.717, 1.165) is 12.1 Å². The van der Waals surface area contributed by atoms with Gasteiger partial charge >= 0.3 is 11.9 Å². The first-order valence-electron chi connectivity index (χ1n) is 7.09. The lowest BCUT2D eigenvalue weighted by Gasteiger charge is -2.15. The molecule has 0 aliphatic rings. The molecule has 126 valence electrons. The minimum atomic E-state index is -1.45. The molecular weight excluding hydrogens is 316 g/mol. The smallest absolute Gasteiger partial charge is 0.328 e. The van der Waals surface area contributed by atoms with E-state index >= 15 is 0 Å². The molecule has 0 heterocycles. The Bertz CT molecular complexity index is 655. The Morgan fingerprint density at radius 1 is 0.958 bits per heavy atom. The molecule has 0 aromatic heterocycles. The molecule has 0 aliphatic carbocycles. The third-order valence-corrected chi connectivity index (χ3v) is 3.10. The zero-order valence-corrected chi connectivity index (χ0v) is 13.1. The van der Waals surface area contributed by atoms with E-state index in [4.69, 9.17) is 20.0 Å². The summed E-state index contributed by atoms with van der Waals surface area (Å²) >= 11 is 0. The molecule has 0 amide bonds. The molecule has 2 atom stereocenters. The monoisotopic (exact) mass is 332 g/mol. The predicted octanol–water partition coefficient (Wildman–Crippen LogP) is 1.44. The van der Waals surface area contributed by atoms with E-state index in [2.05, 4.69) is 0 Å². The number of phenolic OH excluding ortho intramolecular Hbond substituents is 2. The number of rotatable bonds is 6. The maximum absolute atomic E-state index is 11.7. The Labute approximate surface area is 138 Å². The molecule has 0 unspecified atom stereocenters. The molecule has 1 rings (SSSR count). The van der Waals surface area contributed by atoms with E-state index in [9.17, 15) is 19.8 Å². The van der Waals surface area contributed by atoms with E-state index in [-0.39, 0.29) is 24.3 Å². The number of carbonyl (C=O) groups is 2. The summed E-state index contributed by atoms with van der Waals surface area (Å²) in [5.74, 6) is -5.71. The topological polar surface area (TPSA) is 141 Å².